The fourth-order valence-electron chi connectivity index (χ4n) is 2.04. The third-order valence-corrected chi connectivity index (χ3v) is 3.26. The summed E-state index contributed by atoms with van der Waals surface area (Å²) in [5.74, 6) is -0.918. The summed E-state index contributed by atoms with van der Waals surface area (Å²) in [4.78, 5) is 22.8. The summed E-state index contributed by atoms with van der Waals surface area (Å²) in [5, 5.41) is 35.7. The smallest absolute Gasteiger partial charge is 0.390 e. The van der Waals surface area contributed by atoms with Crippen LogP contribution in [0.2, 0.25) is 0 Å². The highest BCUT2D eigenvalue weighted by Gasteiger charge is 2.15. The molecule has 0 aliphatic carbocycles. The van der Waals surface area contributed by atoms with Crippen molar-refractivity contribution in [2.45, 2.75) is 19.9 Å². The molecule has 0 aliphatic heterocycles. The fourth-order valence-corrected chi connectivity index (χ4v) is 2.04. The molecular formula is C13H13N11O3. The SMILES string of the molecule is CC(Cn1nnc([N+](=O)[O-])n1)=NNC(=O)Cc1ccc(-n2cnnn2)cc1. The number of carbonyl (C=O) groups excluding carboxylic acids is 1. The molecule has 1 N–H and O–H groups in total. The molecule has 14 nitrogen and oxygen atoms in total. The van der Waals surface area contributed by atoms with E-state index in [1.54, 1.807) is 31.2 Å². The van der Waals surface area contributed by atoms with Gasteiger partial charge >= 0.3 is 5.95 Å². The predicted molar refractivity (Wildman–Crippen MR) is 88.6 cm³/mol. The number of rotatable bonds is 7. The predicted octanol–water partition coefficient (Wildman–Crippen LogP) is -0.708. The van der Waals surface area contributed by atoms with E-state index < -0.39 is 10.9 Å². The minimum Gasteiger partial charge on any atom is -0.390 e. The zero-order chi connectivity index (χ0) is 19.2. The number of aromatic nitrogens is 8. The van der Waals surface area contributed by atoms with E-state index in [4.69, 9.17) is 0 Å². The Bertz CT molecular complexity index is 962. The summed E-state index contributed by atoms with van der Waals surface area (Å²) in [6.07, 6.45) is 1.59. The summed E-state index contributed by atoms with van der Waals surface area (Å²) in [6, 6.07) is 7.14. The number of carbonyl (C=O) groups is 1. The van der Waals surface area contributed by atoms with E-state index >= 15 is 0 Å². The summed E-state index contributed by atoms with van der Waals surface area (Å²) in [6.45, 7) is 1.68. The van der Waals surface area contributed by atoms with Gasteiger partial charge in [-0.2, -0.15) is 5.10 Å². The third kappa shape index (κ3) is 4.71. The van der Waals surface area contributed by atoms with Crippen LogP contribution >= 0.6 is 0 Å². The molecule has 2 heterocycles. The molecule has 138 valence electrons. The molecule has 0 bridgehead atoms. The van der Waals surface area contributed by atoms with Gasteiger partial charge in [0.1, 0.15) is 12.9 Å². The molecule has 0 fully saturated rings. The molecule has 3 rings (SSSR count). The van der Waals surface area contributed by atoms with Gasteiger partial charge in [0.05, 0.1) is 28.0 Å². The molecule has 1 aromatic carbocycles. The van der Waals surface area contributed by atoms with E-state index in [1.165, 1.54) is 11.0 Å². The van der Waals surface area contributed by atoms with Crippen molar-refractivity contribution in [3.05, 3.63) is 46.3 Å². The Balaban J connectivity index is 1.52. The summed E-state index contributed by atoms with van der Waals surface area (Å²) < 4.78 is 1.50. The van der Waals surface area contributed by atoms with E-state index in [-0.39, 0.29) is 18.9 Å². The van der Waals surface area contributed by atoms with E-state index in [1.807, 2.05) is 0 Å². The Morgan fingerprint density at radius 3 is 2.70 bits per heavy atom. The number of hydrazone groups is 1. The van der Waals surface area contributed by atoms with E-state index in [0.717, 1.165) is 16.0 Å². The maximum Gasteiger partial charge on any atom is 0.514 e. The van der Waals surface area contributed by atoms with Gasteiger partial charge in [0.25, 0.3) is 0 Å². The molecular weight excluding hydrogens is 358 g/mol. The lowest BCUT2D eigenvalue weighted by molar-refractivity contribution is -0.394. The quantitative estimate of drug-likeness (QED) is 0.320. The highest BCUT2D eigenvalue weighted by atomic mass is 16.6. The minimum atomic E-state index is -0.748. The standard InChI is InChI=1S/C13H13N11O3/c1-9(7-23-18-13(17-20-23)24(26)27)15-16-12(25)6-10-2-4-11(5-3-10)22-8-14-19-21-22/h2-5,8H,6-7H2,1H3,(H,16,25). The highest BCUT2D eigenvalue weighted by Crippen LogP contribution is 2.08. The van der Waals surface area contributed by atoms with Gasteiger partial charge in [0.15, 0.2) is 0 Å². The summed E-state index contributed by atoms with van der Waals surface area (Å²) >= 11 is 0. The highest BCUT2D eigenvalue weighted by molar-refractivity contribution is 5.84. The normalized spacial score (nSPS) is 11.4. The zero-order valence-corrected chi connectivity index (χ0v) is 14.0. The van der Waals surface area contributed by atoms with Gasteiger partial charge in [-0.05, 0) is 40.0 Å². The first kappa shape index (κ1) is 17.7. The van der Waals surface area contributed by atoms with Crippen molar-refractivity contribution in [1.82, 2.24) is 45.8 Å². The van der Waals surface area contributed by atoms with Gasteiger partial charge in [-0.3, -0.25) is 4.79 Å². The van der Waals surface area contributed by atoms with Crippen LogP contribution in [0.4, 0.5) is 5.95 Å². The molecule has 0 atom stereocenters. The average molecular weight is 371 g/mol. The van der Waals surface area contributed by atoms with Crippen molar-refractivity contribution in [3.8, 4) is 5.69 Å². The van der Waals surface area contributed by atoms with Gasteiger partial charge in [0.2, 0.25) is 5.91 Å². The largest absolute Gasteiger partial charge is 0.514 e. The van der Waals surface area contributed by atoms with E-state index in [2.05, 4.69) is 41.5 Å². The second-order valence-corrected chi connectivity index (χ2v) is 5.36. The van der Waals surface area contributed by atoms with E-state index in [0.29, 0.717) is 5.71 Å². The fraction of sp³-hybridized carbons (Fsp3) is 0.231. The molecule has 1 amide bonds. The van der Waals surface area contributed by atoms with Gasteiger partial charge in [-0.25, -0.2) is 10.1 Å². The van der Waals surface area contributed by atoms with Crippen molar-refractivity contribution in [1.29, 1.82) is 0 Å². The van der Waals surface area contributed by atoms with Crippen molar-refractivity contribution in [3.63, 3.8) is 0 Å². The van der Waals surface area contributed by atoms with Crippen LogP contribution < -0.4 is 5.43 Å². The average Bonchev–Trinajstić information content (AvgIpc) is 3.32. The zero-order valence-electron chi connectivity index (χ0n) is 14.0. The van der Waals surface area contributed by atoms with Crippen LogP contribution in [0.15, 0.2) is 35.7 Å². The van der Waals surface area contributed by atoms with Crippen molar-refractivity contribution >= 4 is 17.6 Å². The van der Waals surface area contributed by atoms with Crippen molar-refractivity contribution in [2.75, 3.05) is 0 Å². The molecule has 2 aromatic heterocycles. The number of benzene rings is 1. The lowest BCUT2D eigenvalue weighted by atomic mass is 10.1. The van der Waals surface area contributed by atoms with Crippen LogP contribution in [0.1, 0.15) is 12.5 Å². The van der Waals surface area contributed by atoms with Gasteiger partial charge in [0, 0.05) is 5.21 Å². The van der Waals surface area contributed by atoms with Crippen LogP contribution in [0.25, 0.3) is 5.69 Å². The first-order chi connectivity index (χ1) is 13.0. The van der Waals surface area contributed by atoms with Crippen LogP contribution in [-0.4, -0.2) is 57.0 Å². The number of amides is 1. The number of nitro groups is 1. The summed E-state index contributed by atoms with van der Waals surface area (Å²) in [7, 11) is 0. The first-order valence-corrected chi connectivity index (χ1v) is 7.58. The van der Waals surface area contributed by atoms with Crippen LogP contribution in [0.5, 0.6) is 0 Å². The molecule has 0 spiro atoms. The molecule has 3 aromatic rings. The Hall–Kier alpha value is -4.10. The van der Waals surface area contributed by atoms with Gasteiger partial charge in [-0.1, -0.05) is 16.9 Å². The second-order valence-electron chi connectivity index (χ2n) is 5.36. The number of hydrogen-bond donors (Lipinski definition) is 1. The topological polar surface area (TPSA) is 172 Å². The van der Waals surface area contributed by atoms with Gasteiger partial charge in [-0.15, -0.1) is 5.10 Å². The van der Waals surface area contributed by atoms with Crippen LogP contribution in [-0.2, 0) is 17.8 Å². The van der Waals surface area contributed by atoms with Crippen molar-refractivity contribution < 1.29 is 9.72 Å². The number of tetrazole rings is 2. The Morgan fingerprint density at radius 2 is 2.07 bits per heavy atom. The monoisotopic (exact) mass is 371 g/mol. The lowest BCUT2D eigenvalue weighted by Gasteiger charge is -2.04. The number of nitrogens with zero attached hydrogens (tertiary/aromatic N) is 10. The molecule has 0 saturated carbocycles. The minimum absolute atomic E-state index is 0.0573. The maximum atomic E-state index is 12.0. The molecule has 0 aliphatic rings. The van der Waals surface area contributed by atoms with Gasteiger partial charge < -0.3 is 10.1 Å². The third-order valence-electron chi connectivity index (χ3n) is 3.26. The number of nitrogens with one attached hydrogen (secondary N) is 1. The summed E-state index contributed by atoms with van der Waals surface area (Å²) in [5.41, 5.74) is 4.41. The Labute approximate surface area is 151 Å². The molecule has 14 heteroatoms. The van der Waals surface area contributed by atoms with Crippen molar-refractivity contribution in [2.24, 2.45) is 5.10 Å². The van der Waals surface area contributed by atoms with E-state index in [9.17, 15) is 14.9 Å². The second kappa shape index (κ2) is 7.85. The molecule has 0 unspecified atom stereocenters. The number of hydrogen-bond acceptors (Lipinski definition) is 10. The lowest BCUT2D eigenvalue weighted by Crippen LogP contribution is -2.22. The molecule has 0 saturated heterocycles. The van der Waals surface area contributed by atoms with Crippen LogP contribution in [0.3, 0.4) is 0 Å². The molecule has 0 radical (unpaired) electrons. The maximum absolute atomic E-state index is 12.0. The van der Waals surface area contributed by atoms with Crippen LogP contribution in [0, 0.1) is 10.1 Å². The molecule has 27 heavy (non-hydrogen) atoms. The first-order valence-electron chi connectivity index (χ1n) is 7.58. The Morgan fingerprint density at radius 1 is 1.30 bits per heavy atom. The Kier molecular flexibility index (Phi) is 5.15.